The highest BCUT2D eigenvalue weighted by molar-refractivity contribution is 8.00. The van der Waals surface area contributed by atoms with Crippen LogP contribution in [0.2, 0.25) is 0 Å². The number of rotatable bonds is 6. The van der Waals surface area contributed by atoms with Crippen molar-refractivity contribution >= 4 is 35.2 Å². The summed E-state index contributed by atoms with van der Waals surface area (Å²) in [6, 6.07) is 11.6. The van der Waals surface area contributed by atoms with Crippen LogP contribution in [0.1, 0.15) is 41.4 Å². The molecule has 3 rings (SSSR count). The maximum atomic E-state index is 12.8. The minimum atomic E-state index is -0.653. The maximum absolute atomic E-state index is 12.8. The first-order chi connectivity index (χ1) is 13.4. The fourth-order valence-electron chi connectivity index (χ4n) is 2.93. The second-order valence-corrected chi connectivity index (χ2v) is 7.50. The zero-order chi connectivity index (χ0) is 20.3. The number of anilines is 1. The van der Waals surface area contributed by atoms with Crippen LogP contribution in [-0.4, -0.2) is 28.0 Å². The van der Waals surface area contributed by atoms with E-state index < -0.39 is 11.2 Å². The molecule has 0 bridgehead atoms. The summed E-state index contributed by atoms with van der Waals surface area (Å²) in [7, 11) is 0. The SMILES string of the molecule is CCCc1ccc(C#N)c(SC2CC(=O)N(c3ccc(C(N)=O)cc3)C2=O)n1. The van der Waals surface area contributed by atoms with E-state index in [0.29, 0.717) is 21.8 Å². The van der Waals surface area contributed by atoms with Gasteiger partial charge in [-0.05, 0) is 42.8 Å². The van der Waals surface area contributed by atoms with E-state index in [0.717, 1.165) is 35.2 Å². The van der Waals surface area contributed by atoms with Crippen LogP contribution in [0, 0.1) is 11.3 Å². The summed E-state index contributed by atoms with van der Waals surface area (Å²) in [5.74, 6) is -1.29. The van der Waals surface area contributed by atoms with Crippen molar-refractivity contribution in [2.45, 2.75) is 36.5 Å². The van der Waals surface area contributed by atoms with Crippen LogP contribution in [0.15, 0.2) is 41.4 Å². The molecule has 3 amide bonds. The third-order valence-corrected chi connectivity index (χ3v) is 5.50. The molecule has 2 aromatic rings. The van der Waals surface area contributed by atoms with Gasteiger partial charge in [-0.3, -0.25) is 14.4 Å². The number of amides is 3. The fourth-order valence-corrected chi connectivity index (χ4v) is 4.04. The second-order valence-electron chi connectivity index (χ2n) is 6.31. The number of pyridine rings is 1. The topological polar surface area (TPSA) is 117 Å². The third-order valence-electron chi connectivity index (χ3n) is 4.31. The maximum Gasteiger partial charge on any atom is 0.248 e. The molecule has 1 aliphatic rings. The van der Waals surface area contributed by atoms with Gasteiger partial charge in [0.15, 0.2) is 0 Å². The van der Waals surface area contributed by atoms with Gasteiger partial charge in [0, 0.05) is 17.7 Å². The molecule has 0 spiro atoms. The molecule has 142 valence electrons. The van der Waals surface area contributed by atoms with Gasteiger partial charge in [0.05, 0.1) is 16.5 Å². The molecular weight excluding hydrogens is 376 g/mol. The molecule has 28 heavy (non-hydrogen) atoms. The number of imide groups is 1. The van der Waals surface area contributed by atoms with Gasteiger partial charge < -0.3 is 5.73 Å². The van der Waals surface area contributed by atoms with Crippen LogP contribution >= 0.6 is 11.8 Å². The summed E-state index contributed by atoms with van der Waals surface area (Å²) in [4.78, 5) is 42.1. The summed E-state index contributed by atoms with van der Waals surface area (Å²) < 4.78 is 0. The Bertz CT molecular complexity index is 982. The Morgan fingerprint density at radius 1 is 1.29 bits per heavy atom. The molecule has 1 aliphatic heterocycles. The minimum Gasteiger partial charge on any atom is -0.366 e. The Hall–Kier alpha value is -3.18. The van der Waals surface area contributed by atoms with Gasteiger partial charge in [0.1, 0.15) is 11.1 Å². The largest absolute Gasteiger partial charge is 0.366 e. The van der Waals surface area contributed by atoms with Gasteiger partial charge >= 0.3 is 0 Å². The lowest BCUT2D eigenvalue weighted by atomic mass is 10.2. The number of thioether (sulfide) groups is 1. The summed E-state index contributed by atoms with van der Waals surface area (Å²) in [6.45, 7) is 2.03. The van der Waals surface area contributed by atoms with E-state index in [1.54, 1.807) is 12.1 Å². The second kappa shape index (κ2) is 8.23. The van der Waals surface area contributed by atoms with Crippen molar-refractivity contribution in [1.29, 1.82) is 5.26 Å². The van der Waals surface area contributed by atoms with Crippen LogP contribution < -0.4 is 10.6 Å². The molecule has 7 nitrogen and oxygen atoms in total. The van der Waals surface area contributed by atoms with Crippen molar-refractivity contribution in [3.63, 3.8) is 0 Å². The molecule has 2 N–H and O–H groups in total. The van der Waals surface area contributed by atoms with Gasteiger partial charge in [0.25, 0.3) is 0 Å². The first-order valence-corrected chi connectivity index (χ1v) is 9.66. The molecule has 1 aromatic heterocycles. The van der Waals surface area contributed by atoms with E-state index in [4.69, 9.17) is 5.73 Å². The standard InChI is InChI=1S/C20H18N4O3S/c1-2-3-14-7-4-13(11-21)19(23-14)28-16-10-17(25)24(20(16)27)15-8-5-12(6-9-15)18(22)26/h4-9,16H,2-3,10H2,1H3,(H2,22,26). The quantitative estimate of drug-likeness (QED) is 0.752. The summed E-state index contributed by atoms with van der Waals surface area (Å²) >= 11 is 1.14. The van der Waals surface area contributed by atoms with Gasteiger partial charge in [-0.25, -0.2) is 9.88 Å². The van der Waals surface area contributed by atoms with Crippen molar-refractivity contribution in [3.05, 3.63) is 53.2 Å². The smallest absolute Gasteiger partial charge is 0.248 e. The number of hydrogen-bond acceptors (Lipinski definition) is 6. The van der Waals surface area contributed by atoms with Crippen LogP contribution in [0.25, 0.3) is 0 Å². The van der Waals surface area contributed by atoms with Gasteiger partial charge in [-0.1, -0.05) is 25.1 Å². The predicted octanol–water partition coefficient (Wildman–Crippen LogP) is 2.43. The lowest BCUT2D eigenvalue weighted by molar-refractivity contribution is -0.121. The van der Waals surface area contributed by atoms with Crippen molar-refractivity contribution < 1.29 is 14.4 Å². The Labute approximate surface area is 166 Å². The van der Waals surface area contributed by atoms with Crippen LogP contribution in [0.3, 0.4) is 0 Å². The monoisotopic (exact) mass is 394 g/mol. The molecule has 0 aliphatic carbocycles. The number of hydrogen-bond donors (Lipinski definition) is 1. The summed E-state index contributed by atoms with van der Waals surface area (Å²) in [5.41, 5.74) is 7.13. The van der Waals surface area contributed by atoms with Crippen molar-refractivity contribution in [3.8, 4) is 6.07 Å². The number of aryl methyl sites for hydroxylation is 1. The molecule has 1 saturated heterocycles. The highest BCUT2D eigenvalue weighted by atomic mass is 32.2. The minimum absolute atomic E-state index is 0.0195. The van der Waals surface area contributed by atoms with E-state index >= 15 is 0 Å². The first kappa shape index (κ1) is 19.6. The molecule has 8 heteroatoms. The van der Waals surface area contributed by atoms with E-state index in [-0.39, 0.29) is 18.2 Å². The number of nitriles is 1. The van der Waals surface area contributed by atoms with E-state index in [1.165, 1.54) is 24.3 Å². The number of carbonyl (C=O) groups excluding carboxylic acids is 3. The van der Waals surface area contributed by atoms with Crippen molar-refractivity contribution in [1.82, 2.24) is 4.98 Å². The van der Waals surface area contributed by atoms with Crippen molar-refractivity contribution in [2.75, 3.05) is 4.90 Å². The van der Waals surface area contributed by atoms with Gasteiger partial charge in [-0.2, -0.15) is 5.26 Å². The predicted molar refractivity (Wildman–Crippen MR) is 105 cm³/mol. The van der Waals surface area contributed by atoms with E-state index in [9.17, 15) is 19.6 Å². The normalized spacial score (nSPS) is 16.3. The van der Waals surface area contributed by atoms with Crippen molar-refractivity contribution in [2.24, 2.45) is 5.73 Å². The highest BCUT2D eigenvalue weighted by Gasteiger charge is 2.40. The zero-order valence-electron chi connectivity index (χ0n) is 15.2. The van der Waals surface area contributed by atoms with Crippen LogP contribution in [-0.2, 0) is 16.0 Å². The molecular formula is C20H18N4O3S. The van der Waals surface area contributed by atoms with Crippen LogP contribution in [0.4, 0.5) is 5.69 Å². The number of carbonyl (C=O) groups is 3. The van der Waals surface area contributed by atoms with Crippen LogP contribution in [0.5, 0.6) is 0 Å². The Balaban J connectivity index is 1.83. The lowest BCUT2D eigenvalue weighted by Crippen LogP contribution is -2.31. The number of benzene rings is 1. The first-order valence-electron chi connectivity index (χ1n) is 8.78. The fraction of sp³-hybridized carbons (Fsp3) is 0.250. The zero-order valence-corrected chi connectivity index (χ0v) is 16.0. The Morgan fingerprint density at radius 3 is 2.61 bits per heavy atom. The molecule has 1 unspecified atom stereocenters. The molecule has 0 saturated carbocycles. The molecule has 1 aromatic carbocycles. The Morgan fingerprint density at radius 2 is 2.00 bits per heavy atom. The highest BCUT2D eigenvalue weighted by Crippen LogP contribution is 2.34. The number of nitrogens with two attached hydrogens (primary N) is 1. The lowest BCUT2D eigenvalue weighted by Gasteiger charge is -2.15. The number of primary amides is 1. The summed E-state index contributed by atoms with van der Waals surface area (Å²) in [6.07, 6.45) is 1.71. The molecule has 0 radical (unpaired) electrons. The van der Waals surface area contributed by atoms with Gasteiger partial charge in [-0.15, -0.1) is 0 Å². The van der Waals surface area contributed by atoms with E-state index in [2.05, 4.69) is 11.1 Å². The third kappa shape index (κ3) is 3.89. The van der Waals surface area contributed by atoms with Gasteiger partial charge in [0.2, 0.25) is 17.7 Å². The molecule has 2 heterocycles. The van der Waals surface area contributed by atoms with E-state index in [1.807, 2.05) is 6.92 Å². The Kier molecular flexibility index (Phi) is 5.76. The number of nitrogens with zero attached hydrogens (tertiary/aromatic N) is 3. The molecule has 1 atom stereocenters. The number of aromatic nitrogens is 1. The summed E-state index contributed by atoms with van der Waals surface area (Å²) in [5, 5.41) is 9.14. The molecule has 1 fully saturated rings. The average Bonchev–Trinajstić information content (AvgIpc) is 2.95. The average molecular weight is 394 g/mol.